The van der Waals surface area contributed by atoms with Gasteiger partial charge in [0.05, 0.1) is 5.92 Å². The Morgan fingerprint density at radius 3 is 2.47 bits per heavy atom. The highest BCUT2D eigenvalue weighted by atomic mass is 31.1. The van der Waals surface area contributed by atoms with Gasteiger partial charge in [-0.2, -0.15) is 0 Å². The molecule has 2 atom stereocenters. The van der Waals surface area contributed by atoms with Crippen LogP contribution in [-0.4, -0.2) is 43.5 Å². The molecule has 0 heterocycles. The standard InChI is InChI=1S/C10H18NO7P/c1-7(2)9(13)16-6-17-10(14)11-8(12)4-5-18-19(3)15/h7-8,12H,4-6H2,1-3H3/p+1. The molecule has 0 radical (unpaired) electrons. The summed E-state index contributed by atoms with van der Waals surface area (Å²) in [5.74, 6) is -0.807. The highest BCUT2D eigenvalue weighted by Gasteiger charge is 2.14. The number of carbonyl (C=O) groups excluding carboxylic acids is 2. The summed E-state index contributed by atoms with van der Waals surface area (Å²) in [6, 6.07) is 0. The number of rotatable bonds is 8. The van der Waals surface area contributed by atoms with E-state index in [2.05, 4.69) is 14.8 Å². The third kappa shape index (κ3) is 10.4. The lowest BCUT2D eigenvalue weighted by atomic mass is 10.2. The molecule has 9 heteroatoms. The van der Waals surface area contributed by atoms with Gasteiger partial charge < -0.3 is 14.6 Å². The normalized spacial score (nSPS) is 12.8. The summed E-state index contributed by atoms with van der Waals surface area (Å²) in [6.07, 6.45) is -2.05. The van der Waals surface area contributed by atoms with Gasteiger partial charge in [0, 0.05) is 6.42 Å². The summed E-state index contributed by atoms with van der Waals surface area (Å²) in [7, 11) is -1.74. The Morgan fingerprint density at radius 1 is 1.32 bits per heavy atom. The molecular formula is C10H19NO7P+. The van der Waals surface area contributed by atoms with Gasteiger partial charge in [-0.15, -0.1) is 4.52 Å². The first kappa shape index (κ1) is 17.8. The minimum Gasteiger partial charge on any atom is -0.428 e. The number of hydrogen-bond donors (Lipinski definition) is 2. The van der Waals surface area contributed by atoms with Gasteiger partial charge in [-0.3, -0.25) is 10.1 Å². The topological polar surface area (TPSA) is 111 Å². The number of alkyl carbamates (subject to hydrolysis) is 1. The van der Waals surface area contributed by atoms with Crippen molar-refractivity contribution >= 4 is 20.1 Å². The molecule has 0 bridgehead atoms. The zero-order valence-corrected chi connectivity index (χ0v) is 12.0. The van der Waals surface area contributed by atoms with E-state index in [1.54, 1.807) is 13.8 Å². The molecule has 0 rings (SSSR count). The fourth-order valence-electron chi connectivity index (χ4n) is 0.850. The number of carbonyl (C=O) groups is 2. The van der Waals surface area contributed by atoms with Crippen molar-refractivity contribution in [2.24, 2.45) is 5.92 Å². The molecule has 0 aromatic carbocycles. The van der Waals surface area contributed by atoms with Crippen molar-refractivity contribution in [2.75, 3.05) is 20.1 Å². The highest BCUT2D eigenvalue weighted by molar-refractivity contribution is 7.38. The number of aliphatic hydroxyl groups excluding tert-OH is 1. The van der Waals surface area contributed by atoms with E-state index >= 15 is 0 Å². The number of ether oxygens (including phenoxy) is 2. The second-order valence-electron chi connectivity index (χ2n) is 3.89. The largest absolute Gasteiger partial charge is 0.504 e. The van der Waals surface area contributed by atoms with E-state index in [9.17, 15) is 19.3 Å². The second-order valence-corrected chi connectivity index (χ2v) is 5.03. The van der Waals surface area contributed by atoms with E-state index in [0.717, 1.165) is 0 Å². The van der Waals surface area contributed by atoms with Gasteiger partial charge in [0.15, 0.2) is 6.66 Å². The van der Waals surface area contributed by atoms with E-state index in [1.165, 1.54) is 6.66 Å². The Morgan fingerprint density at radius 2 is 1.95 bits per heavy atom. The van der Waals surface area contributed by atoms with Crippen molar-refractivity contribution in [1.29, 1.82) is 0 Å². The maximum atomic E-state index is 11.1. The third-order valence-electron chi connectivity index (χ3n) is 1.81. The van der Waals surface area contributed by atoms with Crippen molar-refractivity contribution in [3.8, 4) is 0 Å². The van der Waals surface area contributed by atoms with Gasteiger partial charge in [0.25, 0.3) is 0 Å². The zero-order valence-electron chi connectivity index (χ0n) is 11.1. The maximum Gasteiger partial charge on any atom is 0.504 e. The van der Waals surface area contributed by atoms with Crippen LogP contribution in [0.15, 0.2) is 0 Å². The van der Waals surface area contributed by atoms with E-state index in [4.69, 9.17) is 4.52 Å². The minimum atomic E-state index is -1.74. The van der Waals surface area contributed by atoms with Gasteiger partial charge in [-0.25, -0.2) is 4.79 Å². The molecule has 0 aromatic rings. The van der Waals surface area contributed by atoms with Crippen LogP contribution in [0.2, 0.25) is 0 Å². The fraction of sp³-hybridized carbons (Fsp3) is 0.800. The first-order valence-electron chi connectivity index (χ1n) is 5.64. The average Bonchev–Trinajstić information content (AvgIpc) is 2.27. The molecule has 2 unspecified atom stereocenters. The monoisotopic (exact) mass is 296 g/mol. The molecule has 0 aliphatic carbocycles. The molecule has 0 spiro atoms. The SMILES string of the molecule is CC(C)C(=O)OCOC(=O)NC(O)CCO[P+](C)=O. The maximum absolute atomic E-state index is 11.1. The van der Waals surface area contributed by atoms with E-state index in [-0.39, 0.29) is 18.9 Å². The van der Waals surface area contributed by atoms with E-state index in [0.29, 0.717) is 0 Å². The summed E-state index contributed by atoms with van der Waals surface area (Å²) in [5.41, 5.74) is 0. The van der Waals surface area contributed by atoms with Crippen LogP contribution < -0.4 is 5.32 Å². The molecule has 0 saturated heterocycles. The average molecular weight is 296 g/mol. The fourth-order valence-corrected chi connectivity index (χ4v) is 1.21. The number of hydrogen-bond acceptors (Lipinski definition) is 7. The summed E-state index contributed by atoms with van der Waals surface area (Å²) >= 11 is 0. The minimum absolute atomic E-state index is 0.0372. The van der Waals surface area contributed by atoms with Gasteiger partial charge in [0.1, 0.15) is 12.8 Å². The zero-order chi connectivity index (χ0) is 14.8. The van der Waals surface area contributed by atoms with Gasteiger partial charge in [-0.05, 0) is 4.57 Å². The van der Waals surface area contributed by atoms with Crippen LogP contribution in [0.3, 0.4) is 0 Å². The van der Waals surface area contributed by atoms with Gasteiger partial charge >= 0.3 is 20.1 Å². The Kier molecular flexibility index (Phi) is 9.03. The molecule has 0 fully saturated rings. The quantitative estimate of drug-likeness (QED) is 0.390. The lowest BCUT2D eigenvalue weighted by Crippen LogP contribution is -2.36. The van der Waals surface area contributed by atoms with Crippen LogP contribution in [-0.2, 0) is 23.4 Å². The summed E-state index contributed by atoms with van der Waals surface area (Å²) in [6.45, 7) is 4.18. The Balaban J connectivity index is 3.67. The van der Waals surface area contributed by atoms with Crippen LogP contribution in [0.4, 0.5) is 4.79 Å². The summed E-state index contributed by atoms with van der Waals surface area (Å²) in [4.78, 5) is 22.1. The number of nitrogens with one attached hydrogen (secondary N) is 1. The molecular weight excluding hydrogens is 277 g/mol. The second kappa shape index (κ2) is 9.66. The summed E-state index contributed by atoms with van der Waals surface area (Å²) in [5, 5.41) is 11.4. The smallest absolute Gasteiger partial charge is 0.428 e. The Hall–Kier alpha value is -1.24. The molecule has 8 nitrogen and oxygen atoms in total. The Labute approximate surface area is 112 Å². The lowest BCUT2D eigenvalue weighted by Gasteiger charge is -2.12. The molecule has 0 aromatic heterocycles. The van der Waals surface area contributed by atoms with Crippen molar-refractivity contribution < 1.29 is 33.3 Å². The van der Waals surface area contributed by atoms with Crippen LogP contribution in [0, 0.1) is 5.92 Å². The van der Waals surface area contributed by atoms with Crippen molar-refractivity contribution in [1.82, 2.24) is 5.32 Å². The van der Waals surface area contributed by atoms with Crippen LogP contribution in [0.25, 0.3) is 0 Å². The molecule has 0 saturated carbocycles. The highest BCUT2D eigenvalue weighted by Crippen LogP contribution is 2.15. The lowest BCUT2D eigenvalue weighted by molar-refractivity contribution is -0.155. The third-order valence-corrected chi connectivity index (χ3v) is 2.36. The Bertz CT molecular complexity index is 321. The van der Waals surface area contributed by atoms with E-state index < -0.39 is 33.1 Å². The van der Waals surface area contributed by atoms with Crippen LogP contribution >= 0.6 is 8.03 Å². The summed E-state index contributed by atoms with van der Waals surface area (Å²) < 4.78 is 24.4. The number of amides is 1. The van der Waals surface area contributed by atoms with Crippen LogP contribution in [0.1, 0.15) is 20.3 Å². The van der Waals surface area contributed by atoms with Crippen molar-refractivity contribution in [3.63, 3.8) is 0 Å². The first-order chi connectivity index (χ1) is 8.82. The molecule has 0 aliphatic rings. The van der Waals surface area contributed by atoms with Crippen molar-refractivity contribution in [3.05, 3.63) is 0 Å². The number of aliphatic hydroxyl groups is 1. The molecule has 2 N–H and O–H groups in total. The molecule has 0 aliphatic heterocycles. The van der Waals surface area contributed by atoms with Gasteiger partial charge in [-0.1, -0.05) is 13.8 Å². The molecule has 110 valence electrons. The molecule has 1 amide bonds. The number of esters is 1. The first-order valence-corrected chi connectivity index (χ1v) is 7.27. The predicted molar refractivity (Wildman–Crippen MR) is 65.5 cm³/mol. The van der Waals surface area contributed by atoms with E-state index in [1.807, 2.05) is 0 Å². The van der Waals surface area contributed by atoms with Crippen LogP contribution in [0.5, 0.6) is 0 Å². The van der Waals surface area contributed by atoms with Gasteiger partial charge in [0.2, 0.25) is 6.79 Å². The predicted octanol–water partition coefficient (Wildman–Crippen LogP) is 0.967. The van der Waals surface area contributed by atoms with Crippen molar-refractivity contribution in [2.45, 2.75) is 26.5 Å². The molecule has 19 heavy (non-hydrogen) atoms.